The number of hydrogen-bond donors (Lipinski definition) is 1. The standard InChI is InChI=1S/C13H21N3O/c1-10-12(15-9-16-13(10)17-2)4-3-11-5-7-14-8-6-11/h9,11,14H,3-8H2,1-2H3. The number of rotatable bonds is 4. The van der Waals surface area contributed by atoms with Crippen molar-refractivity contribution in [3.05, 3.63) is 17.6 Å². The fraction of sp³-hybridized carbons (Fsp3) is 0.692. The van der Waals surface area contributed by atoms with Crippen molar-refractivity contribution >= 4 is 0 Å². The maximum absolute atomic E-state index is 5.22. The number of hydrogen-bond acceptors (Lipinski definition) is 4. The van der Waals surface area contributed by atoms with Gasteiger partial charge in [0.1, 0.15) is 6.33 Å². The van der Waals surface area contributed by atoms with Crippen LogP contribution in [0.2, 0.25) is 0 Å². The molecule has 0 saturated carbocycles. The predicted octanol–water partition coefficient (Wildman–Crippen LogP) is 1.73. The van der Waals surface area contributed by atoms with Gasteiger partial charge in [0.05, 0.1) is 12.8 Å². The van der Waals surface area contributed by atoms with Gasteiger partial charge >= 0.3 is 0 Å². The van der Waals surface area contributed by atoms with Crippen LogP contribution in [0, 0.1) is 12.8 Å². The Hall–Kier alpha value is -1.16. The molecule has 0 bridgehead atoms. The van der Waals surface area contributed by atoms with Crippen LogP contribution in [-0.2, 0) is 6.42 Å². The first-order chi connectivity index (χ1) is 8.31. The zero-order valence-corrected chi connectivity index (χ0v) is 10.7. The summed E-state index contributed by atoms with van der Waals surface area (Å²) in [6.07, 6.45) is 6.45. The lowest BCUT2D eigenvalue weighted by molar-refractivity contribution is 0.352. The van der Waals surface area contributed by atoms with Crippen LogP contribution in [0.3, 0.4) is 0 Å². The van der Waals surface area contributed by atoms with Gasteiger partial charge in [0.15, 0.2) is 0 Å². The van der Waals surface area contributed by atoms with E-state index >= 15 is 0 Å². The van der Waals surface area contributed by atoms with E-state index in [4.69, 9.17) is 4.74 Å². The molecule has 1 aromatic rings. The van der Waals surface area contributed by atoms with Gasteiger partial charge in [-0.1, -0.05) is 0 Å². The molecule has 0 unspecified atom stereocenters. The minimum atomic E-state index is 0.709. The van der Waals surface area contributed by atoms with Crippen LogP contribution < -0.4 is 10.1 Å². The highest BCUT2D eigenvalue weighted by Gasteiger charge is 2.14. The number of nitrogens with zero attached hydrogens (tertiary/aromatic N) is 2. The largest absolute Gasteiger partial charge is 0.481 e. The zero-order valence-electron chi connectivity index (χ0n) is 10.7. The molecule has 1 N–H and O–H groups in total. The molecule has 4 heteroatoms. The topological polar surface area (TPSA) is 47.0 Å². The third kappa shape index (κ3) is 3.16. The van der Waals surface area contributed by atoms with Gasteiger partial charge in [0.2, 0.25) is 5.88 Å². The van der Waals surface area contributed by atoms with Gasteiger partial charge in [-0.3, -0.25) is 0 Å². The molecule has 1 aromatic heterocycles. The molecule has 0 radical (unpaired) electrons. The average molecular weight is 235 g/mol. The quantitative estimate of drug-likeness (QED) is 0.863. The molecule has 17 heavy (non-hydrogen) atoms. The fourth-order valence-corrected chi connectivity index (χ4v) is 2.44. The van der Waals surface area contributed by atoms with Crippen molar-refractivity contribution in [1.29, 1.82) is 0 Å². The second kappa shape index (κ2) is 5.96. The van der Waals surface area contributed by atoms with E-state index < -0.39 is 0 Å². The molecule has 1 aliphatic rings. The molecule has 94 valence electrons. The van der Waals surface area contributed by atoms with E-state index in [2.05, 4.69) is 15.3 Å². The van der Waals surface area contributed by atoms with Crippen molar-refractivity contribution < 1.29 is 4.74 Å². The SMILES string of the molecule is COc1ncnc(CCC2CCNCC2)c1C. The molecule has 0 amide bonds. The molecule has 0 atom stereocenters. The van der Waals surface area contributed by atoms with Crippen molar-refractivity contribution in [2.75, 3.05) is 20.2 Å². The van der Waals surface area contributed by atoms with E-state index in [1.807, 2.05) is 6.92 Å². The number of aromatic nitrogens is 2. The van der Waals surface area contributed by atoms with Crippen molar-refractivity contribution in [2.45, 2.75) is 32.6 Å². The van der Waals surface area contributed by atoms with Crippen molar-refractivity contribution in [3.63, 3.8) is 0 Å². The van der Waals surface area contributed by atoms with E-state index in [0.29, 0.717) is 5.88 Å². The van der Waals surface area contributed by atoms with Crippen LogP contribution in [-0.4, -0.2) is 30.2 Å². The Balaban J connectivity index is 1.93. The second-order valence-corrected chi connectivity index (χ2v) is 4.69. The number of nitrogens with one attached hydrogen (secondary N) is 1. The molecule has 2 rings (SSSR count). The first-order valence-electron chi connectivity index (χ1n) is 6.36. The van der Waals surface area contributed by atoms with Gasteiger partial charge in [-0.05, 0) is 51.6 Å². The summed E-state index contributed by atoms with van der Waals surface area (Å²) >= 11 is 0. The summed E-state index contributed by atoms with van der Waals surface area (Å²) in [5.74, 6) is 1.55. The molecular weight excluding hydrogens is 214 g/mol. The van der Waals surface area contributed by atoms with E-state index in [1.165, 1.54) is 19.3 Å². The van der Waals surface area contributed by atoms with E-state index in [0.717, 1.165) is 36.7 Å². The Bertz CT molecular complexity index is 362. The van der Waals surface area contributed by atoms with Gasteiger partial charge in [0, 0.05) is 5.56 Å². The van der Waals surface area contributed by atoms with E-state index in [9.17, 15) is 0 Å². The smallest absolute Gasteiger partial charge is 0.219 e. The molecule has 0 spiro atoms. The monoisotopic (exact) mass is 235 g/mol. The van der Waals surface area contributed by atoms with Crippen LogP contribution >= 0.6 is 0 Å². The molecule has 2 heterocycles. The minimum Gasteiger partial charge on any atom is -0.481 e. The van der Waals surface area contributed by atoms with Gasteiger partial charge < -0.3 is 10.1 Å². The lowest BCUT2D eigenvalue weighted by Crippen LogP contribution is -2.28. The van der Waals surface area contributed by atoms with Gasteiger partial charge in [-0.25, -0.2) is 9.97 Å². The molecule has 4 nitrogen and oxygen atoms in total. The van der Waals surface area contributed by atoms with Crippen molar-refractivity contribution in [1.82, 2.24) is 15.3 Å². The number of piperidine rings is 1. The lowest BCUT2D eigenvalue weighted by atomic mass is 9.92. The maximum atomic E-state index is 5.22. The molecular formula is C13H21N3O. The summed E-state index contributed by atoms with van der Waals surface area (Å²) in [6, 6.07) is 0. The highest BCUT2D eigenvalue weighted by Crippen LogP contribution is 2.21. The lowest BCUT2D eigenvalue weighted by Gasteiger charge is -2.22. The first-order valence-corrected chi connectivity index (χ1v) is 6.36. The zero-order chi connectivity index (χ0) is 12.1. The molecule has 1 aliphatic heterocycles. The summed E-state index contributed by atoms with van der Waals surface area (Å²) in [6.45, 7) is 4.37. The van der Waals surface area contributed by atoms with Crippen LogP contribution in [0.25, 0.3) is 0 Å². The summed E-state index contributed by atoms with van der Waals surface area (Å²) < 4.78 is 5.22. The highest BCUT2D eigenvalue weighted by atomic mass is 16.5. The Morgan fingerprint density at radius 2 is 2.12 bits per heavy atom. The van der Waals surface area contributed by atoms with Crippen LogP contribution in [0.4, 0.5) is 0 Å². The van der Waals surface area contributed by atoms with Crippen molar-refractivity contribution in [2.24, 2.45) is 5.92 Å². The van der Waals surface area contributed by atoms with E-state index in [-0.39, 0.29) is 0 Å². The van der Waals surface area contributed by atoms with Crippen molar-refractivity contribution in [3.8, 4) is 5.88 Å². The number of methoxy groups -OCH3 is 1. The van der Waals surface area contributed by atoms with Crippen LogP contribution in [0.5, 0.6) is 5.88 Å². The third-order valence-electron chi connectivity index (χ3n) is 3.58. The summed E-state index contributed by atoms with van der Waals surface area (Å²) in [5.41, 5.74) is 2.22. The second-order valence-electron chi connectivity index (χ2n) is 4.69. The maximum Gasteiger partial charge on any atom is 0.219 e. The Labute approximate surface area is 103 Å². The first kappa shape index (κ1) is 12.3. The van der Waals surface area contributed by atoms with Crippen LogP contribution in [0.15, 0.2) is 6.33 Å². The normalized spacial score (nSPS) is 17.1. The third-order valence-corrected chi connectivity index (χ3v) is 3.58. The minimum absolute atomic E-state index is 0.709. The molecule has 0 aliphatic carbocycles. The number of ether oxygens (including phenoxy) is 1. The van der Waals surface area contributed by atoms with Gasteiger partial charge in [-0.15, -0.1) is 0 Å². The average Bonchev–Trinajstić information content (AvgIpc) is 2.39. The Kier molecular flexibility index (Phi) is 4.31. The summed E-state index contributed by atoms with van der Waals surface area (Å²) in [5, 5.41) is 3.40. The summed E-state index contributed by atoms with van der Waals surface area (Å²) in [7, 11) is 1.66. The molecule has 0 aromatic carbocycles. The predicted molar refractivity (Wildman–Crippen MR) is 67.2 cm³/mol. The van der Waals surface area contributed by atoms with Crippen LogP contribution in [0.1, 0.15) is 30.5 Å². The van der Waals surface area contributed by atoms with Gasteiger partial charge in [0.25, 0.3) is 0 Å². The van der Waals surface area contributed by atoms with Gasteiger partial charge in [-0.2, -0.15) is 0 Å². The number of aryl methyl sites for hydroxylation is 1. The highest BCUT2D eigenvalue weighted by molar-refractivity contribution is 5.27. The molecule has 1 fully saturated rings. The Morgan fingerprint density at radius 3 is 2.82 bits per heavy atom. The molecule has 1 saturated heterocycles. The Morgan fingerprint density at radius 1 is 1.35 bits per heavy atom. The fourth-order valence-electron chi connectivity index (χ4n) is 2.44. The summed E-state index contributed by atoms with van der Waals surface area (Å²) in [4.78, 5) is 8.47. The van der Waals surface area contributed by atoms with E-state index in [1.54, 1.807) is 13.4 Å².